The molecule has 86 valence electrons. The van der Waals surface area contributed by atoms with Crippen molar-refractivity contribution in [2.75, 3.05) is 6.61 Å². The monoisotopic (exact) mass is 237 g/mol. The Kier molecular flexibility index (Phi) is 4.20. The van der Waals surface area contributed by atoms with Crippen molar-refractivity contribution in [2.45, 2.75) is 27.2 Å². The summed E-state index contributed by atoms with van der Waals surface area (Å²) in [7, 11) is 0. The number of nitriles is 1. The Morgan fingerprint density at radius 3 is 2.75 bits per heavy atom. The highest BCUT2D eigenvalue weighted by molar-refractivity contribution is 6.32. The zero-order chi connectivity index (χ0) is 12.2. The number of benzene rings is 1. The van der Waals surface area contributed by atoms with Crippen LogP contribution >= 0.6 is 11.6 Å². The molecule has 0 amide bonds. The van der Waals surface area contributed by atoms with E-state index in [4.69, 9.17) is 21.6 Å². The summed E-state index contributed by atoms with van der Waals surface area (Å²) in [4.78, 5) is 0. The van der Waals surface area contributed by atoms with Crippen molar-refractivity contribution in [3.63, 3.8) is 0 Å². The van der Waals surface area contributed by atoms with E-state index in [2.05, 4.69) is 6.07 Å². The average molecular weight is 238 g/mol. The van der Waals surface area contributed by atoms with Gasteiger partial charge in [0, 0.05) is 0 Å². The molecule has 0 unspecified atom stereocenters. The Labute approximate surface area is 102 Å². The number of hydrogen-bond acceptors (Lipinski definition) is 2. The molecule has 0 radical (unpaired) electrons. The number of ether oxygens (including phenoxy) is 1. The summed E-state index contributed by atoms with van der Waals surface area (Å²) in [6.45, 7) is 6.29. The second-order valence-corrected chi connectivity index (χ2v) is 4.94. The summed E-state index contributed by atoms with van der Waals surface area (Å²) in [6, 6.07) is 7.91. The van der Waals surface area contributed by atoms with Gasteiger partial charge in [-0.25, -0.2) is 0 Å². The standard InChI is InChI=1S/C13H16ClNO/c1-10-4-5-11(14)12(8-10)16-7-6-13(2,3)9-15/h4-5,8H,6-7H2,1-3H3. The van der Waals surface area contributed by atoms with Crippen LogP contribution in [-0.2, 0) is 0 Å². The van der Waals surface area contributed by atoms with E-state index in [1.807, 2.05) is 39.0 Å². The molecule has 0 saturated heterocycles. The lowest BCUT2D eigenvalue weighted by Gasteiger charge is -2.15. The van der Waals surface area contributed by atoms with Gasteiger partial charge in [0.25, 0.3) is 0 Å². The molecule has 0 spiro atoms. The minimum atomic E-state index is -0.351. The van der Waals surface area contributed by atoms with Crippen LogP contribution in [0.25, 0.3) is 0 Å². The van der Waals surface area contributed by atoms with Crippen molar-refractivity contribution in [1.29, 1.82) is 5.26 Å². The predicted molar refractivity (Wildman–Crippen MR) is 65.7 cm³/mol. The van der Waals surface area contributed by atoms with Crippen molar-refractivity contribution in [2.24, 2.45) is 5.41 Å². The molecule has 1 rings (SSSR count). The molecule has 0 heterocycles. The molecule has 0 fully saturated rings. The van der Waals surface area contributed by atoms with Crippen LogP contribution in [0.4, 0.5) is 0 Å². The highest BCUT2D eigenvalue weighted by Gasteiger charge is 2.16. The molecular weight excluding hydrogens is 222 g/mol. The normalized spacial score (nSPS) is 10.9. The third-order valence-electron chi connectivity index (χ3n) is 2.37. The Hall–Kier alpha value is -1.20. The van der Waals surface area contributed by atoms with E-state index in [1.54, 1.807) is 0 Å². The van der Waals surface area contributed by atoms with Gasteiger partial charge in [-0.15, -0.1) is 0 Å². The summed E-state index contributed by atoms with van der Waals surface area (Å²) >= 11 is 5.99. The van der Waals surface area contributed by atoms with Crippen LogP contribution < -0.4 is 4.74 Å². The fraction of sp³-hybridized carbons (Fsp3) is 0.462. The van der Waals surface area contributed by atoms with Gasteiger partial charge < -0.3 is 4.74 Å². The molecule has 0 atom stereocenters. The second kappa shape index (κ2) is 5.23. The predicted octanol–water partition coefficient (Wildman–Crippen LogP) is 3.97. The molecule has 0 aliphatic carbocycles. The van der Waals surface area contributed by atoms with Gasteiger partial charge in [0.05, 0.1) is 23.1 Å². The minimum Gasteiger partial charge on any atom is -0.492 e. The van der Waals surface area contributed by atoms with Crippen LogP contribution in [-0.4, -0.2) is 6.61 Å². The Bertz CT molecular complexity index is 407. The van der Waals surface area contributed by atoms with E-state index in [1.165, 1.54) is 0 Å². The lowest BCUT2D eigenvalue weighted by Crippen LogP contribution is -2.13. The first kappa shape index (κ1) is 12.9. The zero-order valence-electron chi connectivity index (χ0n) is 9.88. The largest absolute Gasteiger partial charge is 0.492 e. The van der Waals surface area contributed by atoms with Gasteiger partial charge in [-0.1, -0.05) is 17.7 Å². The fourth-order valence-corrected chi connectivity index (χ4v) is 1.37. The first-order chi connectivity index (χ1) is 7.44. The molecule has 1 aromatic rings. The van der Waals surface area contributed by atoms with E-state index < -0.39 is 0 Å². The van der Waals surface area contributed by atoms with Gasteiger partial charge in [-0.2, -0.15) is 5.26 Å². The molecule has 0 aromatic heterocycles. The van der Waals surface area contributed by atoms with Crippen molar-refractivity contribution in [3.8, 4) is 11.8 Å². The quantitative estimate of drug-likeness (QED) is 0.794. The van der Waals surface area contributed by atoms with Gasteiger partial charge in [0.15, 0.2) is 0 Å². The van der Waals surface area contributed by atoms with E-state index >= 15 is 0 Å². The molecule has 3 heteroatoms. The highest BCUT2D eigenvalue weighted by atomic mass is 35.5. The molecule has 0 saturated carbocycles. The first-order valence-electron chi connectivity index (χ1n) is 5.25. The molecular formula is C13H16ClNO. The Morgan fingerprint density at radius 1 is 1.44 bits per heavy atom. The molecule has 0 aliphatic rings. The minimum absolute atomic E-state index is 0.351. The summed E-state index contributed by atoms with van der Waals surface area (Å²) in [6.07, 6.45) is 0.688. The maximum absolute atomic E-state index is 8.86. The van der Waals surface area contributed by atoms with Gasteiger partial charge >= 0.3 is 0 Å². The fourth-order valence-electron chi connectivity index (χ4n) is 1.19. The summed E-state index contributed by atoms with van der Waals surface area (Å²) in [5.41, 5.74) is 0.759. The number of hydrogen-bond donors (Lipinski definition) is 0. The maximum Gasteiger partial charge on any atom is 0.138 e. The number of halogens is 1. The van der Waals surface area contributed by atoms with Gasteiger partial charge in [0.1, 0.15) is 5.75 Å². The molecule has 0 N–H and O–H groups in total. The van der Waals surface area contributed by atoms with Crippen LogP contribution in [0.15, 0.2) is 18.2 Å². The highest BCUT2D eigenvalue weighted by Crippen LogP contribution is 2.26. The lowest BCUT2D eigenvalue weighted by molar-refractivity contribution is 0.264. The topological polar surface area (TPSA) is 33.0 Å². The van der Waals surface area contributed by atoms with Crippen LogP contribution in [0.5, 0.6) is 5.75 Å². The summed E-state index contributed by atoms with van der Waals surface area (Å²) in [5, 5.41) is 9.47. The van der Waals surface area contributed by atoms with E-state index in [0.29, 0.717) is 23.8 Å². The second-order valence-electron chi connectivity index (χ2n) is 4.53. The number of aryl methyl sites for hydroxylation is 1. The third-order valence-corrected chi connectivity index (χ3v) is 2.69. The van der Waals surface area contributed by atoms with E-state index in [0.717, 1.165) is 5.56 Å². The van der Waals surface area contributed by atoms with Crippen LogP contribution in [0.3, 0.4) is 0 Å². The third kappa shape index (κ3) is 3.75. The zero-order valence-corrected chi connectivity index (χ0v) is 10.6. The summed E-state index contributed by atoms with van der Waals surface area (Å²) < 4.78 is 5.57. The van der Waals surface area contributed by atoms with Gasteiger partial charge in [-0.3, -0.25) is 0 Å². The SMILES string of the molecule is Cc1ccc(Cl)c(OCCC(C)(C)C#N)c1. The van der Waals surface area contributed by atoms with Crippen LogP contribution in [0, 0.1) is 23.7 Å². The maximum atomic E-state index is 8.86. The Balaban J connectivity index is 2.56. The number of rotatable bonds is 4. The summed E-state index contributed by atoms with van der Waals surface area (Å²) in [5.74, 6) is 0.690. The molecule has 16 heavy (non-hydrogen) atoms. The molecule has 1 aromatic carbocycles. The van der Waals surface area contributed by atoms with Crippen LogP contribution in [0.2, 0.25) is 5.02 Å². The van der Waals surface area contributed by atoms with Gasteiger partial charge in [-0.05, 0) is 44.9 Å². The van der Waals surface area contributed by atoms with E-state index in [9.17, 15) is 0 Å². The molecule has 0 bridgehead atoms. The van der Waals surface area contributed by atoms with Crippen molar-refractivity contribution in [1.82, 2.24) is 0 Å². The smallest absolute Gasteiger partial charge is 0.138 e. The van der Waals surface area contributed by atoms with Crippen molar-refractivity contribution >= 4 is 11.6 Å². The number of nitrogens with zero attached hydrogens (tertiary/aromatic N) is 1. The molecule has 0 aliphatic heterocycles. The lowest BCUT2D eigenvalue weighted by atomic mass is 9.92. The van der Waals surface area contributed by atoms with Crippen molar-refractivity contribution < 1.29 is 4.74 Å². The van der Waals surface area contributed by atoms with Crippen LogP contribution in [0.1, 0.15) is 25.8 Å². The van der Waals surface area contributed by atoms with Gasteiger partial charge in [0.2, 0.25) is 0 Å². The Morgan fingerprint density at radius 2 is 2.12 bits per heavy atom. The van der Waals surface area contributed by atoms with E-state index in [-0.39, 0.29) is 5.41 Å². The molecule has 2 nitrogen and oxygen atoms in total. The van der Waals surface area contributed by atoms with Crippen molar-refractivity contribution in [3.05, 3.63) is 28.8 Å². The average Bonchev–Trinajstić information content (AvgIpc) is 2.23. The first-order valence-corrected chi connectivity index (χ1v) is 5.62.